The van der Waals surface area contributed by atoms with Crippen molar-refractivity contribution in [2.45, 2.75) is 37.2 Å². The third-order valence-electron chi connectivity index (χ3n) is 3.87. The summed E-state index contributed by atoms with van der Waals surface area (Å²) in [7, 11) is -3.98. The highest BCUT2D eigenvalue weighted by Crippen LogP contribution is 2.31. The summed E-state index contributed by atoms with van der Waals surface area (Å²) in [6.45, 7) is 5.25. The first kappa shape index (κ1) is 17.6. The van der Waals surface area contributed by atoms with E-state index in [9.17, 15) is 18.5 Å². The molecule has 8 nitrogen and oxygen atoms in total. The van der Waals surface area contributed by atoms with Gasteiger partial charge in [-0.05, 0) is 44.7 Å². The van der Waals surface area contributed by atoms with Crippen LogP contribution in [0.5, 0.6) is 0 Å². The van der Waals surface area contributed by atoms with Crippen molar-refractivity contribution >= 4 is 21.4 Å². The van der Waals surface area contributed by atoms with E-state index in [2.05, 4.69) is 5.32 Å². The minimum Gasteiger partial charge on any atom is -0.379 e. The monoisotopic (exact) mass is 343 g/mol. The Morgan fingerprint density at radius 1 is 1.48 bits per heavy atom. The van der Waals surface area contributed by atoms with Crippen molar-refractivity contribution in [2.24, 2.45) is 11.1 Å². The summed E-state index contributed by atoms with van der Waals surface area (Å²) in [5.74, 6) is 0.330. The van der Waals surface area contributed by atoms with Crippen LogP contribution in [0.25, 0.3) is 0 Å². The molecule has 0 saturated carbocycles. The van der Waals surface area contributed by atoms with Crippen LogP contribution in [0.15, 0.2) is 23.1 Å². The minimum atomic E-state index is -3.98. The molecule has 0 spiro atoms. The Balaban J connectivity index is 2.15. The van der Waals surface area contributed by atoms with Crippen molar-refractivity contribution in [1.29, 1.82) is 0 Å². The second kappa shape index (κ2) is 6.42. The molecule has 1 saturated heterocycles. The van der Waals surface area contributed by atoms with Gasteiger partial charge in [0, 0.05) is 19.2 Å². The molecule has 1 aromatic rings. The van der Waals surface area contributed by atoms with E-state index in [1.165, 1.54) is 12.1 Å². The van der Waals surface area contributed by atoms with E-state index in [0.717, 1.165) is 18.9 Å². The normalized spacial score (nSPS) is 20.9. The summed E-state index contributed by atoms with van der Waals surface area (Å²) in [6.07, 6.45) is 1.72. The summed E-state index contributed by atoms with van der Waals surface area (Å²) in [4.78, 5) is 10.3. The fourth-order valence-electron chi connectivity index (χ4n) is 2.78. The van der Waals surface area contributed by atoms with Gasteiger partial charge in [0.25, 0.3) is 5.69 Å². The number of sulfonamides is 1. The lowest BCUT2D eigenvalue weighted by Crippen LogP contribution is -2.36. The molecule has 2 rings (SSSR count). The Morgan fingerprint density at radius 3 is 2.74 bits per heavy atom. The molecule has 0 radical (unpaired) electrons. The Morgan fingerprint density at radius 2 is 2.17 bits per heavy atom. The lowest BCUT2D eigenvalue weighted by molar-refractivity contribution is -0.384. The second-order valence-corrected chi connectivity index (χ2v) is 7.89. The van der Waals surface area contributed by atoms with E-state index in [0.29, 0.717) is 19.1 Å². The highest BCUT2D eigenvalue weighted by molar-refractivity contribution is 7.89. The highest BCUT2D eigenvalue weighted by Gasteiger charge is 2.29. The number of rotatable bonds is 5. The molecule has 0 aromatic heterocycles. The van der Waals surface area contributed by atoms with Gasteiger partial charge in [-0.1, -0.05) is 0 Å². The molecule has 1 atom stereocenters. The number of nitrogens with zero attached hydrogens (tertiary/aromatic N) is 1. The number of nitrogens with two attached hydrogens (primary N) is 1. The van der Waals surface area contributed by atoms with Gasteiger partial charge in [-0.2, -0.15) is 0 Å². The maximum Gasteiger partial charge on any atom is 0.293 e. The van der Waals surface area contributed by atoms with Crippen molar-refractivity contribution in [3.63, 3.8) is 0 Å². The van der Waals surface area contributed by atoms with E-state index in [4.69, 9.17) is 9.88 Å². The molecule has 1 aliphatic heterocycles. The number of ether oxygens (including phenoxy) is 1. The van der Waals surface area contributed by atoms with Gasteiger partial charge < -0.3 is 10.1 Å². The van der Waals surface area contributed by atoms with Gasteiger partial charge in [-0.15, -0.1) is 0 Å². The van der Waals surface area contributed by atoms with Gasteiger partial charge in [-0.3, -0.25) is 10.1 Å². The highest BCUT2D eigenvalue weighted by atomic mass is 32.2. The van der Waals surface area contributed by atoms with Gasteiger partial charge in [0.05, 0.1) is 15.4 Å². The Hall–Kier alpha value is -1.71. The number of nitro benzene ring substituents is 1. The van der Waals surface area contributed by atoms with Crippen molar-refractivity contribution in [3.05, 3.63) is 28.3 Å². The molecule has 9 heteroatoms. The molecule has 0 bridgehead atoms. The molecule has 1 fully saturated rings. The van der Waals surface area contributed by atoms with Crippen LogP contribution in [0.2, 0.25) is 0 Å². The van der Waals surface area contributed by atoms with Crippen molar-refractivity contribution in [2.75, 3.05) is 18.5 Å². The van der Waals surface area contributed by atoms with Crippen LogP contribution in [-0.4, -0.2) is 32.1 Å². The van der Waals surface area contributed by atoms with E-state index in [1.807, 2.05) is 13.8 Å². The maximum atomic E-state index is 11.3. The topological polar surface area (TPSA) is 125 Å². The number of nitrogens with one attached hydrogen (secondary N) is 1. The zero-order valence-electron chi connectivity index (χ0n) is 13.1. The van der Waals surface area contributed by atoms with E-state index < -0.39 is 14.9 Å². The molecule has 128 valence electrons. The molecular weight excluding hydrogens is 322 g/mol. The van der Waals surface area contributed by atoms with Gasteiger partial charge in [0.15, 0.2) is 0 Å². The molecule has 0 amide bonds. The summed E-state index contributed by atoms with van der Waals surface area (Å²) in [6, 6.07) is 3.62. The Bertz CT molecular complexity index is 702. The molecule has 0 aliphatic carbocycles. The maximum absolute atomic E-state index is 11.3. The molecule has 3 N–H and O–H groups in total. The lowest BCUT2D eigenvalue weighted by Gasteiger charge is -2.35. The predicted octanol–water partition coefficient (Wildman–Crippen LogP) is 1.86. The van der Waals surface area contributed by atoms with Crippen molar-refractivity contribution < 1.29 is 18.1 Å². The van der Waals surface area contributed by atoms with Crippen LogP contribution in [0.4, 0.5) is 11.4 Å². The number of hydrogen-bond donors (Lipinski definition) is 2. The zero-order valence-corrected chi connectivity index (χ0v) is 13.9. The molecule has 1 aliphatic rings. The Labute approximate surface area is 135 Å². The van der Waals surface area contributed by atoms with Crippen molar-refractivity contribution in [1.82, 2.24) is 0 Å². The molecule has 23 heavy (non-hydrogen) atoms. The van der Waals surface area contributed by atoms with Gasteiger partial charge in [-0.25, -0.2) is 13.6 Å². The first-order chi connectivity index (χ1) is 10.6. The van der Waals surface area contributed by atoms with E-state index >= 15 is 0 Å². The third kappa shape index (κ3) is 4.63. The van der Waals surface area contributed by atoms with Crippen LogP contribution < -0.4 is 10.5 Å². The van der Waals surface area contributed by atoms with Crippen LogP contribution in [0.3, 0.4) is 0 Å². The number of hydrogen-bond acceptors (Lipinski definition) is 6. The van der Waals surface area contributed by atoms with Gasteiger partial charge in [0.2, 0.25) is 10.0 Å². The number of nitro groups is 1. The first-order valence-corrected chi connectivity index (χ1v) is 8.82. The number of benzene rings is 1. The Kier molecular flexibility index (Phi) is 4.92. The number of anilines is 1. The molecule has 1 aromatic carbocycles. The number of primary sulfonamides is 1. The van der Waals surface area contributed by atoms with Crippen LogP contribution in [-0.2, 0) is 14.8 Å². The summed E-state index contributed by atoms with van der Waals surface area (Å²) < 4.78 is 28.3. The molecule has 1 unspecified atom stereocenters. The lowest BCUT2D eigenvalue weighted by atomic mass is 9.88. The van der Waals surface area contributed by atoms with E-state index in [1.54, 1.807) is 0 Å². The van der Waals surface area contributed by atoms with Crippen LogP contribution >= 0.6 is 0 Å². The predicted molar refractivity (Wildman–Crippen MR) is 85.7 cm³/mol. The first-order valence-electron chi connectivity index (χ1n) is 7.27. The third-order valence-corrected chi connectivity index (χ3v) is 4.79. The minimum absolute atomic E-state index is 0.200. The largest absolute Gasteiger partial charge is 0.379 e. The fraction of sp³-hybridized carbons (Fsp3) is 0.571. The quantitative estimate of drug-likeness (QED) is 0.621. The van der Waals surface area contributed by atoms with Crippen molar-refractivity contribution in [3.8, 4) is 0 Å². The van der Waals surface area contributed by atoms with E-state index in [-0.39, 0.29) is 21.9 Å². The molecule has 1 heterocycles. The molecular formula is C14H21N3O5S. The standard InChI is InChI=1S/C14H21N3O5S/c1-14(2)8-10(5-6-22-14)9-16-12-4-3-11(23(15,20)21)7-13(12)17(18)19/h3-4,7,10,16H,5-6,8-9H2,1-2H3,(H2,15,20,21). The SMILES string of the molecule is CC1(C)CC(CNc2ccc(S(N)(=O)=O)cc2[N+](=O)[O-])CCO1. The van der Waals surface area contributed by atoms with Crippen LogP contribution in [0.1, 0.15) is 26.7 Å². The summed E-state index contributed by atoms with van der Waals surface area (Å²) in [5.41, 5.74) is -0.219. The average Bonchev–Trinajstić information content (AvgIpc) is 2.42. The van der Waals surface area contributed by atoms with Crippen LogP contribution in [0, 0.1) is 16.0 Å². The summed E-state index contributed by atoms with van der Waals surface area (Å²) >= 11 is 0. The second-order valence-electron chi connectivity index (χ2n) is 6.33. The van der Waals surface area contributed by atoms with Gasteiger partial charge >= 0.3 is 0 Å². The smallest absolute Gasteiger partial charge is 0.293 e. The summed E-state index contributed by atoms with van der Waals surface area (Å²) in [5, 5.41) is 19.2. The fourth-order valence-corrected chi connectivity index (χ4v) is 3.31. The van der Waals surface area contributed by atoms with Gasteiger partial charge in [0.1, 0.15) is 5.69 Å². The zero-order chi connectivity index (χ0) is 17.3. The average molecular weight is 343 g/mol.